The van der Waals surface area contributed by atoms with Crippen molar-refractivity contribution in [3.63, 3.8) is 0 Å². The third kappa shape index (κ3) is 2.68. The fraction of sp³-hybridized carbons (Fsp3) is 0.500. The highest BCUT2D eigenvalue weighted by molar-refractivity contribution is 4.96. The maximum absolute atomic E-state index is 5.43. The first kappa shape index (κ1) is 10.9. The first-order valence-electron chi connectivity index (χ1n) is 4.88. The van der Waals surface area contributed by atoms with Crippen molar-refractivity contribution in [1.29, 1.82) is 0 Å². The van der Waals surface area contributed by atoms with Crippen LogP contribution in [-0.4, -0.2) is 15.6 Å². The SMILES string of the molecule is C=CCC(Cc1nccn1CC)NN. The molecule has 0 amide bonds. The molecule has 0 spiro atoms. The predicted octanol–water partition coefficient (Wildman–Crippen LogP) is 0.853. The Labute approximate surface area is 84.8 Å². The van der Waals surface area contributed by atoms with Gasteiger partial charge < -0.3 is 4.57 Å². The van der Waals surface area contributed by atoms with E-state index in [4.69, 9.17) is 5.84 Å². The minimum Gasteiger partial charge on any atom is -0.335 e. The molecule has 3 N–H and O–H groups in total. The summed E-state index contributed by atoms with van der Waals surface area (Å²) in [6, 6.07) is 0.222. The number of imidazole rings is 1. The lowest BCUT2D eigenvalue weighted by Gasteiger charge is -2.13. The van der Waals surface area contributed by atoms with Gasteiger partial charge in [-0.25, -0.2) is 4.98 Å². The number of rotatable bonds is 6. The van der Waals surface area contributed by atoms with Crippen molar-refractivity contribution in [2.24, 2.45) is 5.84 Å². The van der Waals surface area contributed by atoms with Crippen LogP contribution < -0.4 is 11.3 Å². The number of aryl methyl sites for hydroxylation is 1. The molecule has 1 heterocycles. The number of nitrogens with two attached hydrogens (primary N) is 1. The third-order valence-corrected chi connectivity index (χ3v) is 2.26. The summed E-state index contributed by atoms with van der Waals surface area (Å²) in [6.07, 6.45) is 7.36. The lowest BCUT2D eigenvalue weighted by molar-refractivity contribution is 0.506. The van der Waals surface area contributed by atoms with E-state index in [9.17, 15) is 0 Å². The Morgan fingerprint density at radius 1 is 1.79 bits per heavy atom. The number of nitrogens with zero attached hydrogens (tertiary/aromatic N) is 2. The molecule has 0 aromatic carbocycles. The normalized spacial score (nSPS) is 12.7. The summed E-state index contributed by atoms with van der Waals surface area (Å²) in [6.45, 7) is 6.74. The largest absolute Gasteiger partial charge is 0.335 e. The molecule has 1 rings (SSSR count). The maximum atomic E-state index is 5.43. The Hall–Kier alpha value is -1.13. The molecular formula is C10H18N4. The van der Waals surface area contributed by atoms with Gasteiger partial charge in [-0.2, -0.15) is 0 Å². The van der Waals surface area contributed by atoms with Crippen LogP contribution in [0.3, 0.4) is 0 Å². The summed E-state index contributed by atoms with van der Waals surface area (Å²) in [5.41, 5.74) is 2.77. The molecule has 0 radical (unpaired) electrons. The minimum absolute atomic E-state index is 0.222. The average Bonchev–Trinajstić information content (AvgIpc) is 2.64. The first-order chi connectivity index (χ1) is 6.81. The van der Waals surface area contributed by atoms with Crippen LogP contribution in [0.2, 0.25) is 0 Å². The molecule has 0 fully saturated rings. The number of hydrogen-bond acceptors (Lipinski definition) is 3. The second-order valence-electron chi connectivity index (χ2n) is 3.22. The van der Waals surface area contributed by atoms with Crippen LogP contribution in [0.25, 0.3) is 0 Å². The lowest BCUT2D eigenvalue weighted by Crippen LogP contribution is -2.37. The molecule has 0 aliphatic heterocycles. The summed E-state index contributed by atoms with van der Waals surface area (Å²) >= 11 is 0. The maximum Gasteiger partial charge on any atom is 0.110 e. The van der Waals surface area contributed by atoms with Crippen LogP contribution in [0.4, 0.5) is 0 Å². The molecule has 0 bridgehead atoms. The quantitative estimate of drug-likeness (QED) is 0.401. The van der Waals surface area contributed by atoms with Crippen LogP contribution in [0.5, 0.6) is 0 Å². The Morgan fingerprint density at radius 2 is 2.57 bits per heavy atom. The van der Waals surface area contributed by atoms with Crippen molar-refractivity contribution < 1.29 is 0 Å². The van der Waals surface area contributed by atoms with Crippen molar-refractivity contribution >= 4 is 0 Å². The van der Waals surface area contributed by atoms with Crippen molar-refractivity contribution in [3.8, 4) is 0 Å². The molecule has 0 aliphatic carbocycles. The molecule has 0 aliphatic rings. The summed E-state index contributed by atoms with van der Waals surface area (Å²) < 4.78 is 2.12. The van der Waals surface area contributed by atoms with Gasteiger partial charge in [0, 0.05) is 31.4 Å². The molecular weight excluding hydrogens is 176 g/mol. The summed E-state index contributed by atoms with van der Waals surface area (Å²) in [4.78, 5) is 4.29. The van der Waals surface area contributed by atoms with Gasteiger partial charge in [0.2, 0.25) is 0 Å². The van der Waals surface area contributed by atoms with Gasteiger partial charge in [-0.15, -0.1) is 6.58 Å². The third-order valence-electron chi connectivity index (χ3n) is 2.26. The minimum atomic E-state index is 0.222. The van der Waals surface area contributed by atoms with Crippen molar-refractivity contribution in [1.82, 2.24) is 15.0 Å². The highest BCUT2D eigenvalue weighted by Crippen LogP contribution is 2.04. The van der Waals surface area contributed by atoms with Gasteiger partial charge >= 0.3 is 0 Å². The number of hydrogen-bond donors (Lipinski definition) is 2. The zero-order valence-electron chi connectivity index (χ0n) is 8.61. The van der Waals surface area contributed by atoms with E-state index >= 15 is 0 Å². The Kier molecular flexibility index (Phi) is 4.35. The predicted molar refractivity (Wildman–Crippen MR) is 57.5 cm³/mol. The van der Waals surface area contributed by atoms with Gasteiger partial charge in [-0.3, -0.25) is 11.3 Å². The zero-order chi connectivity index (χ0) is 10.4. The Balaban J connectivity index is 2.61. The van der Waals surface area contributed by atoms with Crippen molar-refractivity contribution in [2.75, 3.05) is 0 Å². The van der Waals surface area contributed by atoms with Crippen molar-refractivity contribution in [3.05, 3.63) is 30.9 Å². The van der Waals surface area contributed by atoms with Crippen molar-refractivity contribution in [2.45, 2.75) is 32.4 Å². The van der Waals surface area contributed by atoms with Crippen LogP contribution in [0.1, 0.15) is 19.2 Å². The van der Waals surface area contributed by atoms with Crippen LogP contribution in [0.15, 0.2) is 25.0 Å². The van der Waals surface area contributed by atoms with Gasteiger partial charge in [-0.05, 0) is 13.3 Å². The molecule has 1 aromatic heterocycles. The molecule has 1 unspecified atom stereocenters. The summed E-state index contributed by atoms with van der Waals surface area (Å²) in [5, 5.41) is 0. The van der Waals surface area contributed by atoms with E-state index < -0.39 is 0 Å². The average molecular weight is 194 g/mol. The smallest absolute Gasteiger partial charge is 0.110 e. The van der Waals surface area contributed by atoms with E-state index in [1.807, 2.05) is 18.5 Å². The van der Waals surface area contributed by atoms with E-state index in [0.29, 0.717) is 0 Å². The van der Waals surface area contributed by atoms with Gasteiger partial charge in [0.25, 0.3) is 0 Å². The van der Waals surface area contributed by atoms with Gasteiger partial charge in [-0.1, -0.05) is 6.08 Å². The Bertz CT molecular complexity index is 279. The van der Waals surface area contributed by atoms with Gasteiger partial charge in [0.1, 0.15) is 5.82 Å². The second kappa shape index (κ2) is 5.57. The molecule has 4 nitrogen and oxygen atoms in total. The highest BCUT2D eigenvalue weighted by Gasteiger charge is 2.09. The molecule has 0 saturated carbocycles. The monoisotopic (exact) mass is 194 g/mol. The van der Waals surface area contributed by atoms with E-state index in [-0.39, 0.29) is 6.04 Å². The number of aromatic nitrogens is 2. The molecule has 14 heavy (non-hydrogen) atoms. The summed E-state index contributed by atoms with van der Waals surface area (Å²) in [7, 11) is 0. The summed E-state index contributed by atoms with van der Waals surface area (Å²) in [5.74, 6) is 6.50. The van der Waals surface area contributed by atoms with Gasteiger partial charge in [0.05, 0.1) is 0 Å². The highest BCUT2D eigenvalue weighted by atomic mass is 15.2. The fourth-order valence-corrected chi connectivity index (χ4v) is 1.45. The number of hydrazine groups is 1. The van der Waals surface area contributed by atoms with Crippen LogP contribution in [0, 0.1) is 0 Å². The van der Waals surface area contributed by atoms with E-state index in [1.54, 1.807) is 0 Å². The second-order valence-corrected chi connectivity index (χ2v) is 3.22. The van der Waals surface area contributed by atoms with Crippen LogP contribution in [-0.2, 0) is 13.0 Å². The molecule has 78 valence electrons. The van der Waals surface area contributed by atoms with E-state index in [1.165, 1.54) is 0 Å². The lowest BCUT2D eigenvalue weighted by atomic mass is 10.1. The molecule has 4 heteroatoms. The van der Waals surface area contributed by atoms with Crippen LogP contribution >= 0.6 is 0 Å². The topological polar surface area (TPSA) is 55.9 Å². The van der Waals surface area contributed by atoms with Gasteiger partial charge in [0.15, 0.2) is 0 Å². The number of nitrogens with one attached hydrogen (secondary N) is 1. The fourth-order valence-electron chi connectivity index (χ4n) is 1.45. The van der Waals surface area contributed by atoms with E-state index in [0.717, 1.165) is 25.2 Å². The Morgan fingerprint density at radius 3 is 3.14 bits per heavy atom. The molecule has 0 saturated heterocycles. The first-order valence-corrected chi connectivity index (χ1v) is 4.88. The molecule has 1 atom stereocenters. The standard InChI is InChI=1S/C10H18N4/c1-3-5-9(13-11)8-10-12-6-7-14(10)4-2/h3,6-7,9,13H,1,4-5,8,11H2,2H3. The zero-order valence-corrected chi connectivity index (χ0v) is 8.61. The molecule has 1 aromatic rings. The van der Waals surface area contributed by atoms with E-state index in [2.05, 4.69) is 28.5 Å².